The molecular formula is C12H13BrF3N3O2. The van der Waals surface area contributed by atoms with E-state index < -0.39 is 24.7 Å². The fourth-order valence-electron chi connectivity index (χ4n) is 1.40. The lowest BCUT2D eigenvalue weighted by Crippen LogP contribution is -2.45. The first-order valence-corrected chi connectivity index (χ1v) is 6.61. The summed E-state index contributed by atoms with van der Waals surface area (Å²) >= 11 is 3.29. The average Bonchev–Trinajstić information content (AvgIpc) is 2.34. The molecule has 0 aromatic heterocycles. The Morgan fingerprint density at radius 2 is 1.95 bits per heavy atom. The third-order valence-electron chi connectivity index (χ3n) is 2.33. The van der Waals surface area contributed by atoms with Gasteiger partial charge in [0.15, 0.2) is 0 Å². The van der Waals surface area contributed by atoms with Gasteiger partial charge in [0, 0.05) is 10.2 Å². The highest BCUT2D eigenvalue weighted by molar-refractivity contribution is 9.10. The van der Waals surface area contributed by atoms with Crippen molar-refractivity contribution in [1.82, 2.24) is 10.6 Å². The molecule has 21 heavy (non-hydrogen) atoms. The number of benzene rings is 1. The Kier molecular flexibility index (Phi) is 6.01. The van der Waals surface area contributed by atoms with Crippen LogP contribution in [0.4, 0.5) is 23.7 Å². The van der Waals surface area contributed by atoms with Gasteiger partial charge in [0.05, 0.1) is 6.54 Å². The molecule has 0 saturated heterocycles. The van der Waals surface area contributed by atoms with E-state index in [-0.39, 0.29) is 6.54 Å². The van der Waals surface area contributed by atoms with E-state index in [0.29, 0.717) is 5.69 Å². The number of urea groups is 1. The normalized spacial score (nSPS) is 10.9. The summed E-state index contributed by atoms with van der Waals surface area (Å²) in [5.74, 6) is -0.739. The number of hydrogen-bond acceptors (Lipinski definition) is 3. The molecule has 0 spiro atoms. The van der Waals surface area contributed by atoms with Gasteiger partial charge in [0.1, 0.15) is 6.54 Å². The van der Waals surface area contributed by atoms with Crippen LogP contribution < -0.4 is 16.0 Å². The number of rotatable bonds is 4. The van der Waals surface area contributed by atoms with Gasteiger partial charge in [-0.15, -0.1) is 0 Å². The standard InChI is InChI=1S/C12H13BrF3N3O2/c1-7-4-8(13)2-3-9(7)17-5-10(20)19-11(21)18-6-12(14,15)16/h2-4,17H,5-6H2,1H3,(H2,18,19,20,21). The molecule has 1 rings (SSSR count). The van der Waals surface area contributed by atoms with Gasteiger partial charge in [-0.05, 0) is 30.7 Å². The lowest BCUT2D eigenvalue weighted by molar-refractivity contribution is -0.124. The van der Waals surface area contributed by atoms with Gasteiger partial charge in [-0.2, -0.15) is 13.2 Å². The number of nitrogens with one attached hydrogen (secondary N) is 3. The molecule has 0 heterocycles. The van der Waals surface area contributed by atoms with Gasteiger partial charge in [0.2, 0.25) is 5.91 Å². The van der Waals surface area contributed by atoms with E-state index in [2.05, 4.69) is 21.2 Å². The molecule has 3 amide bonds. The number of halogens is 4. The van der Waals surface area contributed by atoms with Gasteiger partial charge in [-0.1, -0.05) is 15.9 Å². The van der Waals surface area contributed by atoms with Crippen LogP contribution in [0.3, 0.4) is 0 Å². The van der Waals surface area contributed by atoms with Crippen LogP contribution in [0, 0.1) is 6.92 Å². The van der Waals surface area contributed by atoms with Crippen LogP contribution in [0.2, 0.25) is 0 Å². The first-order valence-electron chi connectivity index (χ1n) is 5.82. The van der Waals surface area contributed by atoms with Crippen molar-refractivity contribution in [3.05, 3.63) is 28.2 Å². The minimum Gasteiger partial charge on any atom is -0.376 e. The van der Waals surface area contributed by atoms with E-state index >= 15 is 0 Å². The zero-order chi connectivity index (χ0) is 16.0. The predicted molar refractivity (Wildman–Crippen MR) is 75.0 cm³/mol. The summed E-state index contributed by atoms with van der Waals surface area (Å²) in [5.41, 5.74) is 1.56. The van der Waals surface area contributed by atoms with E-state index in [1.807, 2.05) is 13.0 Å². The van der Waals surface area contributed by atoms with Crippen molar-refractivity contribution in [2.75, 3.05) is 18.4 Å². The number of amides is 3. The van der Waals surface area contributed by atoms with Crippen LogP contribution in [0.15, 0.2) is 22.7 Å². The quantitative estimate of drug-likeness (QED) is 0.765. The molecule has 0 aliphatic rings. The molecule has 5 nitrogen and oxygen atoms in total. The number of alkyl halides is 3. The first kappa shape index (κ1) is 17.3. The van der Waals surface area contributed by atoms with Crippen molar-refractivity contribution in [2.24, 2.45) is 0 Å². The number of hydrogen-bond donors (Lipinski definition) is 3. The van der Waals surface area contributed by atoms with Crippen LogP contribution in [-0.2, 0) is 4.79 Å². The molecule has 9 heteroatoms. The Bertz CT molecular complexity index is 535. The lowest BCUT2D eigenvalue weighted by Gasteiger charge is -2.11. The molecule has 1 aromatic carbocycles. The number of carbonyl (C=O) groups excluding carboxylic acids is 2. The number of aryl methyl sites for hydroxylation is 1. The molecule has 0 aliphatic carbocycles. The molecule has 0 bridgehead atoms. The molecule has 0 unspecified atom stereocenters. The predicted octanol–water partition coefficient (Wildman–Crippen LogP) is 2.56. The second kappa shape index (κ2) is 7.30. The van der Waals surface area contributed by atoms with E-state index in [9.17, 15) is 22.8 Å². The van der Waals surface area contributed by atoms with Crippen LogP contribution in [0.5, 0.6) is 0 Å². The van der Waals surface area contributed by atoms with Crippen molar-refractivity contribution in [3.63, 3.8) is 0 Å². The molecule has 0 saturated carbocycles. The molecule has 0 atom stereocenters. The van der Waals surface area contributed by atoms with Crippen molar-refractivity contribution in [3.8, 4) is 0 Å². The summed E-state index contributed by atoms with van der Waals surface area (Å²) in [5, 5.41) is 6.12. The average molecular weight is 368 g/mol. The summed E-state index contributed by atoms with van der Waals surface area (Å²) in [6.45, 7) is 0.0916. The Balaban J connectivity index is 2.39. The first-order chi connectivity index (χ1) is 9.67. The molecule has 0 fully saturated rings. The molecule has 1 aromatic rings. The lowest BCUT2D eigenvalue weighted by atomic mass is 10.2. The van der Waals surface area contributed by atoms with Gasteiger partial charge < -0.3 is 10.6 Å². The van der Waals surface area contributed by atoms with Crippen molar-refractivity contribution < 1.29 is 22.8 Å². The van der Waals surface area contributed by atoms with Crippen molar-refractivity contribution >= 4 is 33.6 Å². The fourth-order valence-corrected chi connectivity index (χ4v) is 1.87. The summed E-state index contributed by atoms with van der Waals surface area (Å²) < 4.78 is 36.4. The highest BCUT2D eigenvalue weighted by atomic mass is 79.9. The Morgan fingerprint density at radius 3 is 2.52 bits per heavy atom. The molecule has 3 N–H and O–H groups in total. The number of carbonyl (C=O) groups is 2. The number of imide groups is 1. The van der Waals surface area contributed by atoms with E-state index in [4.69, 9.17) is 0 Å². The second-order valence-corrected chi connectivity index (χ2v) is 5.07. The molecule has 0 aliphatic heterocycles. The third kappa shape index (κ3) is 6.98. The monoisotopic (exact) mass is 367 g/mol. The van der Waals surface area contributed by atoms with E-state index in [1.54, 1.807) is 22.8 Å². The summed E-state index contributed by atoms with van der Waals surface area (Å²) in [6, 6.07) is 4.14. The Morgan fingerprint density at radius 1 is 1.29 bits per heavy atom. The van der Waals surface area contributed by atoms with Crippen molar-refractivity contribution in [1.29, 1.82) is 0 Å². The molecule has 116 valence electrons. The fraction of sp³-hybridized carbons (Fsp3) is 0.333. The smallest absolute Gasteiger partial charge is 0.376 e. The summed E-state index contributed by atoms with van der Waals surface area (Å²) in [7, 11) is 0. The highest BCUT2D eigenvalue weighted by Gasteiger charge is 2.27. The maximum Gasteiger partial charge on any atom is 0.405 e. The zero-order valence-corrected chi connectivity index (χ0v) is 12.6. The van der Waals surface area contributed by atoms with Gasteiger partial charge >= 0.3 is 12.2 Å². The van der Waals surface area contributed by atoms with Crippen LogP contribution in [0.1, 0.15) is 5.56 Å². The minimum atomic E-state index is -4.52. The van der Waals surface area contributed by atoms with E-state index in [0.717, 1.165) is 10.0 Å². The minimum absolute atomic E-state index is 0.234. The maximum atomic E-state index is 11.9. The summed E-state index contributed by atoms with van der Waals surface area (Å²) in [4.78, 5) is 22.5. The Hall–Kier alpha value is -1.77. The van der Waals surface area contributed by atoms with Gasteiger partial charge in [-0.3, -0.25) is 10.1 Å². The number of anilines is 1. The maximum absolute atomic E-state index is 11.9. The Labute approximate surface area is 127 Å². The SMILES string of the molecule is Cc1cc(Br)ccc1NCC(=O)NC(=O)NCC(F)(F)F. The van der Waals surface area contributed by atoms with Gasteiger partial charge in [-0.25, -0.2) is 4.79 Å². The van der Waals surface area contributed by atoms with E-state index in [1.165, 1.54) is 0 Å². The van der Waals surface area contributed by atoms with Crippen LogP contribution >= 0.6 is 15.9 Å². The largest absolute Gasteiger partial charge is 0.405 e. The summed E-state index contributed by atoms with van der Waals surface area (Å²) in [6.07, 6.45) is -4.52. The third-order valence-corrected chi connectivity index (χ3v) is 2.82. The second-order valence-electron chi connectivity index (χ2n) is 4.16. The van der Waals surface area contributed by atoms with Crippen LogP contribution in [0.25, 0.3) is 0 Å². The van der Waals surface area contributed by atoms with Crippen LogP contribution in [-0.4, -0.2) is 31.2 Å². The topological polar surface area (TPSA) is 70.2 Å². The molecular weight excluding hydrogens is 355 g/mol. The van der Waals surface area contributed by atoms with Crippen molar-refractivity contribution in [2.45, 2.75) is 13.1 Å². The highest BCUT2D eigenvalue weighted by Crippen LogP contribution is 2.19. The van der Waals surface area contributed by atoms with Gasteiger partial charge in [0.25, 0.3) is 0 Å². The molecule has 0 radical (unpaired) electrons. The zero-order valence-electron chi connectivity index (χ0n) is 11.0.